The van der Waals surface area contributed by atoms with E-state index in [2.05, 4.69) is 24.3 Å². The van der Waals surface area contributed by atoms with E-state index in [0.717, 1.165) is 28.3 Å². The van der Waals surface area contributed by atoms with E-state index in [9.17, 15) is 4.79 Å². The van der Waals surface area contributed by atoms with Crippen LogP contribution < -0.4 is 0 Å². The molecule has 0 aliphatic heterocycles. The van der Waals surface area contributed by atoms with Gasteiger partial charge in [0.15, 0.2) is 0 Å². The third-order valence-electron chi connectivity index (χ3n) is 3.51. The number of hydrogen-bond donors (Lipinski definition) is 2. The van der Waals surface area contributed by atoms with Crippen LogP contribution in [0.25, 0.3) is 11.1 Å². The van der Waals surface area contributed by atoms with E-state index in [1.807, 2.05) is 24.3 Å². The highest BCUT2D eigenvalue weighted by Crippen LogP contribution is 2.23. The van der Waals surface area contributed by atoms with Crippen molar-refractivity contribution in [1.29, 1.82) is 0 Å². The summed E-state index contributed by atoms with van der Waals surface area (Å²) in [5, 5.41) is 18.1. The number of aliphatic carboxylic acids is 1. The van der Waals surface area contributed by atoms with Crippen LogP contribution in [0.1, 0.15) is 12.0 Å². The van der Waals surface area contributed by atoms with Crippen LogP contribution in [0, 0.1) is 0 Å². The molecule has 1 atom stereocenters. The number of benzene rings is 2. The Morgan fingerprint density at radius 2 is 1.61 bits per heavy atom. The first-order valence-corrected chi connectivity index (χ1v) is 8.83. The summed E-state index contributed by atoms with van der Waals surface area (Å²) >= 11 is 7.27. The first kappa shape index (κ1) is 17.9. The Labute approximate surface area is 145 Å². The second kappa shape index (κ2) is 8.96. The van der Waals surface area contributed by atoms with Gasteiger partial charge in [-0.2, -0.15) is 0 Å². The minimum Gasteiger partial charge on any atom is -0.480 e. The number of carbonyl (C=O) groups is 1. The van der Waals surface area contributed by atoms with Gasteiger partial charge < -0.3 is 10.2 Å². The summed E-state index contributed by atoms with van der Waals surface area (Å²) in [6.45, 7) is -0.0975. The molecule has 2 aromatic carbocycles. The highest BCUT2D eigenvalue weighted by atomic mass is 35.5. The fourth-order valence-electron chi connectivity index (χ4n) is 2.22. The van der Waals surface area contributed by atoms with Crippen molar-refractivity contribution < 1.29 is 15.0 Å². The zero-order valence-electron chi connectivity index (χ0n) is 12.6. The summed E-state index contributed by atoms with van der Waals surface area (Å²) in [5.74, 6) is -0.140. The average molecular weight is 351 g/mol. The molecule has 3 nitrogen and oxygen atoms in total. The fraction of sp³-hybridized carbons (Fsp3) is 0.278. The van der Waals surface area contributed by atoms with E-state index >= 15 is 0 Å². The number of aryl methyl sites for hydroxylation is 1. The Bertz CT molecular complexity index is 626. The molecule has 0 bridgehead atoms. The first-order valence-electron chi connectivity index (χ1n) is 7.40. The van der Waals surface area contributed by atoms with Crippen LogP contribution in [0.4, 0.5) is 0 Å². The molecule has 0 saturated carbocycles. The molecular formula is C18H19ClO3S. The molecule has 2 N–H and O–H groups in total. The lowest BCUT2D eigenvalue weighted by molar-refractivity contribution is -0.136. The van der Waals surface area contributed by atoms with E-state index in [4.69, 9.17) is 21.8 Å². The van der Waals surface area contributed by atoms with Gasteiger partial charge in [-0.15, -0.1) is 11.8 Å². The number of aliphatic hydroxyl groups excluding tert-OH is 1. The largest absolute Gasteiger partial charge is 0.480 e. The van der Waals surface area contributed by atoms with Crippen LogP contribution in [0.5, 0.6) is 0 Å². The minimum atomic E-state index is -0.859. The molecule has 0 aliphatic rings. The van der Waals surface area contributed by atoms with Gasteiger partial charge in [-0.25, -0.2) is 0 Å². The zero-order valence-corrected chi connectivity index (χ0v) is 14.2. The van der Waals surface area contributed by atoms with Crippen molar-refractivity contribution >= 4 is 29.3 Å². The van der Waals surface area contributed by atoms with E-state index in [1.165, 1.54) is 17.3 Å². The van der Waals surface area contributed by atoms with E-state index in [0.29, 0.717) is 0 Å². The Hall–Kier alpha value is -1.49. The number of carboxylic acid groups (broad SMARTS) is 1. The van der Waals surface area contributed by atoms with Gasteiger partial charge in [0, 0.05) is 11.6 Å². The second-order valence-corrected chi connectivity index (χ2v) is 6.91. The van der Waals surface area contributed by atoms with Gasteiger partial charge in [0.1, 0.15) is 5.25 Å². The van der Waals surface area contributed by atoms with Gasteiger partial charge in [0.05, 0.1) is 0 Å². The van der Waals surface area contributed by atoms with Gasteiger partial charge in [0.25, 0.3) is 0 Å². The molecular weight excluding hydrogens is 332 g/mol. The number of carboxylic acids is 1. The molecule has 0 radical (unpaired) electrons. The molecule has 122 valence electrons. The van der Waals surface area contributed by atoms with Crippen LogP contribution in [-0.4, -0.2) is 33.8 Å². The summed E-state index contributed by atoms with van der Waals surface area (Å²) in [7, 11) is 0. The van der Waals surface area contributed by atoms with Crippen LogP contribution in [-0.2, 0) is 11.2 Å². The predicted octanol–water partition coefficient (Wildman–Crippen LogP) is 4.12. The Morgan fingerprint density at radius 1 is 1.04 bits per heavy atom. The third-order valence-corrected chi connectivity index (χ3v) is 5.04. The fourth-order valence-corrected chi connectivity index (χ4v) is 3.40. The summed E-state index contributed by atoms with van der Waals surface area (Å²) in [4.78, 5) is 11.0. The van der Waals surface area contributed by atoms with E-state index in [1.54, 1.807) is 0 Å². The van der Waals surface area contributed by atoms with Crippen molar-refractivity contribution in [3.63, 3.8) is 0 Å². The molecule has 0 saturated heterocycles. The van der Waals surface area contributed by atoms with Crippen LogP contribution in [0.3, 0.4) is 0 Å². The minimum absolute atomic E-state index is 0.0975. The van der Waals surface area contributed by atoms with Crippen molar-refractivity contribution in [2.45, 2.75) is 18.1 Å². The van der Waals surface area contributed by atoms with Crippen LogP contribution in [0.15, 0.2) is 48.5 Å². The predicted molar refractivity (Wildman–Crippen MR) is 96.2 cm³/mol. The summed E-state index contributed by atoms with van der Waals surface area (Å²) in [6.07, 6.45) is 1.09. The maximum absolute atomic E-state index is 11.0. The number of halogens is 1. The molecule has 2 aromatic rings. The topological polar surface area (TPSA) is 57.5 Å². The number of aliphatic hydroxyl groups is 1. The maximum atomic E-state index is 11.0. The van der Waals surface area contributed by atoms with Crippen molar-refractivity contribution in [3.05, 3.63) is 59.1 Å². The molecule has 0 amide bonds. The second-order valence-electron chi connectivity index (χ2n) is 5.16. The van der Waals surface area contributed by atoms with Crippen molar-refractivity contribution in [3.8, 4) is 11.1 Å². The molecule has 0 aromatic heterocycles. The molecule has 2 rings (SSSR count). The SMILES string of the molecule is O=C(O)[C@@H](CCO)SCCc1ccc(-c2ccc(Cl)cc2)cc1. The number of rotatable bonds is 8. The van der Waals surface area contributed by atoms with Gasteiger partial charge in [0.2, 0.25) is 0 Å². The molecule has 23 heavy (non-hydrogen) atoms. The zero-order chi connectivity index (χ0) is 16.7. The number of hydrogen-bond acceptors (Lipinski definition) is 3. The lowest BCUT2D eigenvalue weighted by Gasteiger charge is -2.10. The van der Waals surface area contributed by atoms with E-state index < -0.39 is 11.2 Å². The molecule has 0 spiro atoms. The van der Waals surface area contributed by atoms with Crippen molar-refractivity contribution in [2.24, 2.45) is 0 Å². The Balaban J connectivity index is 1.90. The summed E-state index contributed by atoms with van der Waals surface area (Å²) in [6, 6.07) is 16.0. The van der Waals surface area contributed by atoms with Crippen LogP contribution in [0.2, 0.25) is 5.02 Å². The maximum Gasteiger partial charge on any atom is 0.316 e. The summed E-state index contributed by atoms with van der Waals surface area (Å²) in [5.41, 5.74) is 3.41. The van der Waals surface area contributed by atoms with Crippen molar-refractivity contribution in [2.75, 3.05) is 12.4 Å². The molecule has 0 heterocycles. The van der Waals surface area contributed by atoms with Gasteiger partial charge in [-0.1, -0.05) is 48.0 Å². The standard InChI is InChI=1S/C18H19ClO3S/c19-16-7-5-15(6-8-16)14-3-1-13(2-4-14)10-12-23-17(9-11-20)18(21)22/h1-8,17,20H,9-12H2,(H,21,22)/t17-/m1/s1. The quantitative estimate of drug-likeness (QED) is 0.752. The molecule has 0 aliphatic carbocycles. The van der Waals surface area contributed by atoms with E-state index in [-0.39, 0.29) is 13.0 Å². The average Bonchev–Trinajstić information content (AvgIpc) is 2.55. The van der Waals surface area contributed by atoms with Crippen LogP contribution >= 0.6 is 23.4 Å². The molecule has 0 unspecified atom stereocenters. The first-order chi connectivity index (χ1) is 11.1. The number of thioether (sulfide) groups is 1. The smallest absolute Gasteiger partial charge is 0.316 e. The summed E-state index contributed by atoms with van der Waals surface area (Å²) < 4.78 is 0. The highest BCUT2D eigenvalue weighted by Gasteiger charge is 2.16. The Morgan fingerprint density at radius 3 is 2.13 bits per heavy atom. The highest BCUT2D eigenvalue weighted by molar-refractivity contribution is 8.00. The Kier molecular flexibility index (Phi) is 6.96. The lowest BCUT2D eigenvalue weighted by atomic mass is 10.0. The normalized spacial score (nSPS) is 12.1. The monoisotopic (exact) mass is 350 g/mol. The van der Waals surface area contributed by atoms with Gasteiger partial charge in [-0.3, -0.25) is 4.79 Å². The molecule has 5 heteroatoms. The third kappa shape index (κ3) is 5.57. The molecule has 0 fully saturated rings. The van der Waals surface area contributed by atoms with Gasteiger partial charge in [-0.05, 0) is 47.4 Å². The van der Waals surface area contributed by atoms with Crippen molar-refractivity contribution in [1.82, 2.24) is 0 Å². The van der Waals surface area contributed by atoms with Gasteiger partial charge >= 0.3 is 5.97 Å². The lowest BCUT2D eigenvalue weighted by Crippen LogP contribution is -2.18.